The fourth-order valence-electron chi connectivity index (χ4n) is 4.25. The number of nitrogens with one attached hydrogen (secondary N) is 1. The third-order valence-electron chi connectivity index (χ3n) is 5.82. The van der Waals surface area contributed by atoms with Crippen LogP contribution in [0.3, 0.4) is 0 Å². The molecular weight excluding hydrogens is 400 g/mol. The average molecular weight is 422 g/mol. The molecule has 2 aliphatic rings. The number of rotatable bonds is 5. The van der Waals surface area contributed by atoms with Gasteiger partial charge in [-0.15, -0.1) is 0 Å². The molecule has 0 bridgehead atoms. The average Bonchev–Trinajstić information content (AvgIpc) is 3.36. The van der Waals surface area contributed by atoms with Gasteiger partial charge in [-0.1, -0.05) is 12.1 Å². The first-order chi connectivity index (χ1) is 14.3. The van der Waals surface area contributed by atoms with Crippen LogP contribution in [-0.4, -0.2) is 28.8 Å². The van der Waals surface area contributed by atoms with E-state index in [4.69, 9.17) is 0 Å². The molecule has 1 aliphatic carbocycles. The van der Waals surface area contributed by atoms with Crippen molar-refractivity contribution in [2.75, 3.05) is 23.3 Å². The van der Waals surface area contributed by atoms with Crippen LogP contribution in [0.1, 0.15) is 49.3 Å². The molecule has 160 valence electrons. The van der Waals surface area contributed by atoms with E-state index in [9.17, 15) is 18.0 Å². The molecule has 2 fully saturated rings. The zero-order valence-corrected chi connectivity index (χ0v) is 16.3. The van der Waals surface area contributed by atoms with Gasteiger partial charge in [-0.25, -0.2) is 9.97 Å². The first kappa shape index (κ1) is 20.6. The van der Waals surface area contributed by atoms with E-state index in [-0.39, 0.29) is 29.4 Å². The summed E-state index contributed by atoms with van der Waals surface area (Å²) in [4.78, 5) is 21.3. The Kier molecular flexibility index (Phi) is 5.62. The van der Waals surface area contributed by atoms with Crippen LogP contribution in [0.2, 0.25) is 0 Å². The number of anilines is 2. The predicted molar refractivity (Wildman–Crippen MR) is 104 cm³/mol. The normalized spacial score (nSPS) is 22.0. The summed E-state index contributed by atoms with van der Waals surface area (Å²) in [6.45, 7) is 1.01. The summed E-state index contributed by atoms with van der Waals surface area (Å²) in [6.07, 6.45) is 0.207. The quantitative estimate of drug-likeness (QED) is 0.705. The van der Waals surface area contributed by atoms with Crippen LogP contribution in [0, 0.1) is 11.7 Å². The van der Waals surface area contributed by atoms with E-state index in [1.54, 1.807) is 4.90 Å². The molecule has 4 rings (SSSR count). The molecule has 1 saturated heterocycles. The lowest BCUT2D eigenvalue weighted by Gasteiger charge is -2.27. The third kappa shape index (κ3) is 4.24. The van der Waals surface area contributed by atoms with Crippen molar-refractivity contribution in [1.29, 1.82) is 0 Å². The lowest BCUT2D eigenvalue weighted by Crippen LogP contribution is -2.25. The van der Waals surface area contributed by atoms with Gasteiger partial charge in [0.15, 0.2) is 11.6 Å². The van der Waals surface area contributed by atoms with Gasteiger partial charge in [-0.05, 0) is 42.9 Å². The van der Waals surface area contributed by atoms with Gasteiger partial charge < -0.3 is 10.2 Å². The Bertz CT molecular complexity index is 916. The first-order valence-corrected chi connectivity index (χ1v) is 10.0. The Labute approximate surface area is 171 Å². The monoisotopic (exact) mass is 422 g/mol. The predicted octanol–water partition coefficient (Wildman–Crippen LogP) is 4.76. The number of aromatic nitrogens is 2. The number of hydrogen-bond acceptors (Lipinski definition) is 5. The molecule has 2 aromatic rings. The summed E-state index contributed by atoms with van der Waals surface area (Å²) < 4.78 is 53.7. The van der Waals surface area contributed by atoms with Crippen molar-refractivity contribution in [3.8, 4) is 0 Å². The van der Waals surface area contributed by atoms with Crippen molar-refractivity contribution in [3.05, 3.63) is 47.5 Å². The molecule has 30 heavy (non-hydrogen) atoms. The van der Waals surface area contributed by atoms with Crippen LogP contribution in [-0.2, 0) is 11.0 Å². The largest absolute Gasteiger partial charge is 0.416 e. The van der Waals surface area contributed by atoms with Crippen molar-refractivity contribution in [3.63, 3.8) is 0 Å². The summed E-state index contributed by atoms with van der Waals surface area (Å²) in [7, 11) is 0. The molecule has 2 unspecified atom stereocenters. The van der Waals surface area contributed by atoms with Crippen LogP contribution in [0.4, 0.5) is 29.2 Å². The smallest absolute Gasteiger partial charge is 0.367 e. The second-order valence-corrected chi connectivity index (χ2v) is 7.86. The van der Waals surface area contributed by atoms with Crippen LogP contribution in [0.25, 0.3) is 0 Å². The Balaban J connectivity index is 1.52. The summed E-state index contributed by atoms with van der Waals surface area (Å²) in [6, 6.07) is 4.75. The Morgan fingerprint density at radius 2 is 1.90 bits per heavy atom. The van der Waals surface area contributed by atoms with E-state index in [1.807, 2.05) is 0 Å². The molecule has 9 heteroatoms. The van der Waals surface area contributed by atoms with E-state index in [0.717, 1.165) is 25.0 Å². The number of nitrogens with zero attached hydrogens (tertiary/aromatic N) is 3. The SMILES string of the molecule is O=C1CCC(CNc2ncnc(N3CCCC3c3ccc(C(F)(F)F)cc3)c2F)C1. The maximum atomic E-state index is 15.1. The number of carbonyl (C=O) groups is 1. The zero-order chi connectivity index (χ0) is 21.3. The van der Waals surface area contributed by atoms with E-state index in [0.29, 0.717) is 37.9 Å². The van der Waals surface area contributed by atoms with Gasteiger partial charge in [0.05, 0.1) is 11.6 Å². The van der Waals surface area contributed by atoms with Crippen LogP contribution in [0.15, 0.2) is 30.6 Å². The van der Waals surface area contributed by atoms with Gasteiger partial charge in [-0.2, -0.15) is 17.6 Å². The highest BCUT2D eigenvalue weighted by molar-refractivity contribution is 5.80. The van der Waals surface area contributed by atoms with Crippen LogP contribution < -0.4 is 10.2 Å². The Morgan fingerprint density at radius 1 is 1.13 bits per heavy atom. The first-order valence-electron chi connectivity index (χ1n) is 10.0. The summed E-state index contributed by atoms with van der Waals surface area (Å²) in [5.41, 5.74) is -0.0154. The van der Waals surface area contributed by atoms with E-state index >= 15 is 4.39 Å². The number of Topliss-reactive ketones (excluding diaryl/α,β-unsaturated/α-hetero) is 1. The molecule has 5 nitrogen and oxygen atoms in total. The van der Waals surface area contributed by atoms with Crippen molar-refractivity contribution in [2.45, 2.75) is 44.3 Å². The molecule has 0 radical (unpaired) electrons. The number of alkyl halides is 3. The highest BCUT2D eigenvalue weighted by Crippen LogP contribution is 2.38. The number of benzene rings is 1. The van der Waals surface area contributed by atoms with Crippen LogP contribution in [0.5, 0.6) is 0 Å². The standard InChI is InChI=1S/C21H22F4N4O/c22-18-19(26-11-13-3-8-16(30)10-13)27-12-28-20(18)29-9-1-2-17(29)14-4-6-15(7-5-14)21(23,24)25/h4-7,12-13,17H,1-3,8-11H2,(H,26,27,28). The topological polar surface area (TPSA) is 58.1 Å². The fourth-order valence-corrected chi connectivity index (χ4v) is 4.25. The number of carbonyl (C=O) groups excluding carboxylic acids is 1. The van der Waals surface area contributed by atoms with Gasteiger partial charge in [-0.3, -0.25) is 4.79 Å². The molecule has 2 atom stereocenters. The lowest BCUT2D eigenvalue weighted by atomic mass is 10.0. The molecule has 0 amide bonds. The van der Waals surface area contributed by atoms with Crippen molar-refractivity contribution in [2.24, 2.45) is 5.92 Å². The van der Waals surface area contributed by atoms with Gasteiger partial charge in [0, 0.05) is 25.9 Å². The minimum atomic E-state index is -4.39. The minimum absolute atomic E-state index is 0.0809. The molecule has 1 saturated carbocycles. The van der Waals surface area contributed by atoms with Crippen molar-refractivity contribution in [1.82, 2.24) is 9.97 Å². The van der Waals surface area contributed by atoms with E-state index in [2.05, 4.69) is 15.3 Å². The number of hydrogen-bond donors (Lipinski definition) is 1. The highest BCUT2D eigenvalue weighted by atomic mass is 19.4. The second-order valence-electron chi connectivity index (χ2n) is 7.86. The molecule has 1 N–H and O–H groups in total. The second kappa shape index (κ2) is 8.20. The third-order valence-corrected chi connectivity index (χ3v) is 5.82. The minimum Gasteiger partial charge on any atom is -0.367 e. The molecule has 2 heterocycles. The van der Waals surface area contributed by atoms with E-state index in [1.165, 1.54) is 18.5 Å². The highest BCUT2D eigenvalue weighted by Gasteiger charge is 2.33. The van der Waals surface area contributed by atoms with Gasteiger partial charge in [0.2, 0.25) is 5.82 Å². The summed E-state index contributed by atoms with van der Waals surface area (Å²) >= 11 is 0. The molecule has 1 aliphatic heterocycles. The molecule has 1 aromatic carbocycles. The van der Waals surface area contributed by atoms with Crippen molar-refractivity contribution < 1.29 is 22.4 Å². The zero-order valence-electron chi connectivity index (χ0n) is 16.3. The Morgan fingerprint density at radius 3 is 2.57 bits per heavy atom. The fraction of sp³-hybridized carbons (Fsp3) is 0.476. The number of ketones is 1. The molecular formula is C21H22F4N4O. The molecule has 1 aromatic heterocycles. The van der Waals surface area contributed by atoms with Gasteiger partial charge in [0.1, 0.15) is 12.1 Å². The van der Waals surface area contributed by atoms with Gasteiger partial charge in [0.25, 0.3) is 0 Å². The maximum Gasteiger partial charge on any atom is 0.416 e. The van der Waals surface area contributed by atoms with Crippen LogP contribution >= 0.6 is 0 Å². The summed E-state index contributed by atoms with van der Waals surface area (Å²) in [5.74, 6) is 0.0274. The molecule has 0 spiro atoms. The Hall–Kier alpha value is -2.71. The van der Waals surface area contributed by atoms with E-state index < -0.39 is 17.6 Å². The lowest BCUT2D eigenvalue weighted by molar-refractivity contribution is -0.137. The van der Waals surface area contributed by atoms with Gasteiger partial charge >= 0.3 is 6.18 Å². The van der Waals surface area contributed by atoms with Crippen molar-refractivity contribution >= 4 is 17.4 Å². The summed E-state index contributed by atoms with van der Waals surface area (Å²) in [5, 5.41) is 2.99. The maximum absolute atomic E-state index is 15.1. The number of halogens is 4.